The molecule has 0 radical (unpaired) electrons. The molecule has 3 aromatic heterocycles. The highest BCUT2D eigenvalue weighted by atomic mass is 32.2. The number of sulfonamides is 1. The fourth-order valence-electron chi connectivity index (χ4n) is 4.42. The van der Waals surface area contributed by atoms with Gasteiger partial charge in [0.1, 0.15) is 10.7 Å². The molecule has 1 aliphatic rings. The Morgan fingerprint density at radius 1 is 1.19 bits per heavy atom. The van der Waals surface area contributed by atoms with Crippen molar-refractivity contribution in [2.24, 2.45) is 5.92 Å². The van der Waals surface area contributed by atoms with Crippen molar-refractivity contribution in [1.29, 1.82) is 0 Å². The van der Waals surface area contributed by atoms with Gasteiger partial charge in [-0.25, -0.2) is 17.8 Å². The van der Waals surface area contributed by atoms with Gasteiger partial charge < -0.3 is 4.57 Å². The van der Waals surface area contributed by atoms with Crippen LogP contribution in [0.1, 0.15) is 13.3 Å². The van der Waals surface area contributed by atoms with Crippen LogP contribution < -0.4 is 0 Å². The van der Waals surface area contributed by atoms with E-state index in [1.54, 1.807) is 18.5 Å². The average Bonchev–Trinajstić information content (AvgIpc) is 3.49. The summed E-state index contributed by atoms with van der Waals surface area (Å²) in [5.41, 5.74) is 3.64. The van der Waals surface area contributed by atoms with E-state index in [0.29, 0.717) is 19.5 Å². The summed E-state index contributed by atoms with van der Waals surface area (Å²) in [5, 5.41) is 6.76. The Balaban J connectivity index is 1.37. The molecule has 1 aliphatic heterocycles. The van der Waals surface area contributed by atoms with E-state index in [2.05, 4.69) is 14.8 Å². The third-order valence-electron chi connectivity index (χ3n) is 5.90. The Labute approximate surface area is 179 Å². The minimum absolute atomic E-state index is 0.126. The van der Waals surface area contributed by atoms with Gasteiger partial charge in [-0.1, -0.05) is 12.1 Å². The van der Waals surface area contributed by atoms with Gasteiger partial charge in [-0.15, -0.1) is 0 Å². The second kappa shape index (κ2) is 7.58. The SMILES string of the molecule is C[C@H]1CC(Cn2ccc3nc(-c4cn[nH]c4)ccc32)CN1S(=O)(=O)c1ccccc1F. The number of hydrogen-bond donors (Lipinski definition) is 1. The van der Waals surface area contributed by atoms with Crippen molar-refractivity contribution in [3.63, 3.8) is 0 Å². The number of benzene rings is 1. The number of nitrogens with zero attached hydrogens (tertiary/aromatic N) is 4. The Hall–Kier alpha value is -3.04. The monoisotopic (exact) mass is 439 g/mol. The van der Waals surface area contributed by atoms with Gasteiger partial charge in [0.15, 0.2) is 0 Å². The summed E-state index contributed by atoms with van der Waals surface area (Å²) in [5.74, 6) is -0.588. The Morgan fingerprint density at radius 2 is 2.03 bits per heavy atom. The third kappa shape index (κ3) is 3.53. The minimum Gasteiger partial charge on any atom is -0.346 e. The molecule has 5 rings (SSSR count). The number of rotatable bonds is 5. The number of aromatic amines is 1. The van der Waals surface area contributed by atoms with Crippen LogP contribution in [0.4, 0.5) is 4.39 Å². The summed E-state index contributed by atoms with van der Waals surface area (Å²) in [7, 11) is -3.88. The van der Waals surface area contributed by atoms with Gasteiger partial charge in [0.25, 0.3) is 0 Å². The molecule has 7 nitrogen and oxygen atoms in total. The normalized spacial score (nSPS) is 19.9. The molecule has 160 valence electrons. The van der Waals surface area contributed by atoms with E-state index in [4.69, 9.17) is 4.98 Å². The number of halogens is 1. The molecule has 2 atom stereocenters. The van der Waals surface area contributed by atoms with Crippen LogP contribution in [0.25, 0.3) is 22.3 Å². The molecular weight excluding hydrogens is 417 g/mol. The fourth-order valence-corrected chi connectivity index (χ4v) is 6.20. The zero-order chi connectivity index (χ0) is 21.6. The Morgan fingerprint density at radius 3 is 2.81 bits per heavy atom. The smallest absolute Gasteiger partial charge is 0.246 e. The number of nitrogens with one attached hydrogen (secondary N) is 1. The lowest BCUT2D eigenvalue weighted by Gasteiger charge is -2.21. The molecule has 0 amide bonds. The van der Waals surface area contributed by atoms with Crippen molar-refractivity contribution in [2.45, 2.75) is 30.8 Å². The first kappa shape index (κ1) is 19.9. The van der Waals surface area contributed by atoms with Crippen LogP contribution in [0.3, 0.4) is 0 Å². The van der Waals surface area contributed by atoms with Gasteiger partial charge in [-0.3, -0.25) is 5.10 Å². The highest BCUT2D eigenvalue weighted by Gasteiger charge is 2.39. The molecule has 4 aromatic rings. The van der Waals surface area contributed by atoms with Gasteiger partial charge in [0, 0.05) is 37.1 Å². The molecule has 1 fully saturated rings. The van der Waals surface area contributed by atoms with Crippen molar-refractivity contribution >= 4 is 21.1 Å². The van der Waals surface area contributed by atoms with E-state index >= 15 is 0 Å². The van der Waals surface area contributed by atoms with Crippen molar-refractivity contribution < 1.29 is 12.8 Å². The summed E-state index contributed by atoms with van der Waals surface area (Å²) >= 11 is 0. The summed E-state index contributed by atoms with van der Waals surface area (Å²) in [6.07, 6.45) is 6.23. The molecule has 9 heteroatoms. The molecule has 31 heavy (non-hydrogen) atoms. The maximum absolute atomic E-state index is 14.2. The Bertz CT molecular complexity index is 1330. The summed E-state index contributed by atoms with van der Waals surface area (Å²) in [6, 6.07) is 11.3. The largest absolute Gasteiger partial charge is 0.346 e. The molecule has 0 aliphatic carbocycles. The van der Waals surface area contributed by atoms with Crippen LogP contribution >= 0.6 is 0 Å². The zero-order valence-electron chi connectivity index (χ0n) is 16.9. The molecule has 1 unspecified atom stereocenters. The number of aromatic nitrogens is 4. The van der Waals surface area contributed by atoms with Crippen molar-refractivity contribution in [3.05, 3.63) is 66.9 Å². The van der Waals surface area contributed by atoms with E-state index in [9.17, 15) is 12.8 Å². The lowest BCUT2D eigenvalue weighted by atomic mass is 10.1. The van der Waals surface area contributed by atoms with Crippen molar-refractivity contribution in [3.8, 4) is 11.3 Å². The van der Waals surface area contributed by atoms with E-state index in [1.807, 2.05) is 31.3 Å². The van der Waals surface area contributed by atoms with Gasteiger partial charge >= 0.3 is 0 Å². The second-order valence-electron chi connectivity index (χ2n) is 8.01. The molecule has 0 spiro atoms. The standard InChI is InChI=1S/C22H22FN5O2S/c1-15-10-16(14-28(15)31(29,30)22-5-3-2-4-18(22)23)13-27-9-8-20-21(27)7-6-19(26-20)17-11-24-25-12-17/h2-9,11-12,15-16H,10,13-14H2,1H3,(H,24,25)/t15-,16?/m0/s1. The lowest BCUT2D eigenvalue weighted by Crippen LogP contribution is -2.34. The molecule has 0 bridgehead atoms. The van der Waals surface area contributed by atoms with Crippen molar-refractivity contribution in [2.75, 3.05) is 6.54 Å². The third-order valence-corrected chi connectivity index (χ3v) is 7.91. The number of H-pyrrole nitrogens is 1. The first-order chi connectivity index (χ1) is 14.9. The van der Waals surface area contributed by atoms with Crippen LogP contribution in [-0.2, 0) is 16.6 Å². The first-order valence-corrected chi connectivity index (χ1v) is 11.6. The molecule has 1 N–H and O–H groups in total. The zero-order valence-corrected chi connectivity index (χ0v) is 17.8. The van der Waals surface area contributed by atoms with Crippen LogP contribution in [0.5, 0.6) is 0 Å². The average molecular weight is 440 g/mol. The molecule has 4 heterocycles. The number of pyridine rings is 1. The maximum atomic E-state index is 14.2. The predicted octanol–water partition coefficient (Wildman–Crippen LogP) is 3.66. The van der Waals surface area contributed by atoms with Crippen LogP contribution in [0, 0.1) is 11.7 Å². The minimum atomic E-state index is -3.88. The van der Waals surface area contributed by atoms with Crippen LogP contribution in [-0.4, -0.2) is 45.1 Å². The molecule has 0 saturated carbocycles. The van der Waals surface area contributed by atoms with Gasteiger partial charge in [-0.05, 0) is 49.6 Å². The predicted molar refractivity (Wildman–Crippen MR) is 115 cm³/mol. The van der Waals surface area contributed by atoms with Crippen molar-refractivity contribution in [1.82, 2.24) is 24.1 Å². The van der Waals surface area contributed by atoms with E-state index < -0.39 is 15.8 Å². The van der Waals surface area contributed by atoms with E-state index in [-0.39, 0.29) is 16.9 Å². The topological polar surface area (TPSA) is 83.9 Å². The molecular formula is C22H22FN5O2S. The van der Waals surface area contributed by atoms with E-state index in [0.717, 1.165) is 22.3 Å². The Kier molecular flexibility index (Phi) is 4.86. The quantitative estimate of drug-likeness (QED) is 0.514. The second-order valence-corrected chi connectivity index (χ2v) is 9.87. The first-order valence-electron chi connectivity index (χ1n) is 10.1. The fraction of sp³-hybridized carbons (Fsp3) is 0.273. The van der Waals surface area contributed by atoms with Gasteiger partial charge in [0.2, 0.25) is 10.0 Å². The number of hydrogen-bond acceptors (Lipinski definition) is 4. The lowest BCUT2D eigenvalue weighted by molar-refractivity contribution is 0.396. The maximum Gasteiger partial charge on any atom is 0.246 e. The molecule has 1 aromatic carbocycles. The number of fused-ring (bicyclic) bond motifs is 1. The summed E-state index contributed by atoms with van der Waals surface area (Å²) in [6.45, 7) is 2.91. The van der Waals surface area contributed by atoms with E-state index in [1.165, 1.54) is 22.5 Å². The van der Waals surface area contributed by atoms with Gasteiger partial charge in [-0.2, -0.15) is 9.40 Å². The van der Waals surface area contributed by atoms with Gasteiger partial charge in [0.05, 0.1) is 22.9 Å². The van der Waals surface area contributed by atoms with Crippen LogP contribution in [0.15, 0.2) is 66.0 Å². The highest BCUT2D eigenvalue weighted by molar-refractivity contribution is 7.89. The highest BCUT2D eigenvalue weighted by Crippen LogP contribution is 2.32. The summed E-state index contributed by atoms with van der Waals surface area (Å²) < 4.78 is 43.8. The molecule has 1 saturated heterocycles. The summed E-state index contributed by atoms with van der Waals surface area (Å²) in [4.78, 5) is 4.44. The van der Waals surface area contributed by atoms with Crippen LogP contribution in [0.2, 0.25) is 0 Å².